The minimum atomic E-state index is -1.04. The van der Waals surface area contributed by atoms with Crippen LogP contribution >= 0.6 is 47.6 Å². The lowest BCUT2D eigenvalue weighted by Gasteiger charge is -2.38. The zero-order chi connectivity index (χ0) is 55.1. The molecule has 2 aliphatic rings. The summed E-state index contributed by atoms with van der Waals surface area (Å²) in [5.41, 5.74) is 5.67. The maximum atomic E-state index is 13.6. The Kier molecular flexibility index (Phi) is 22.7. The van der Waals surface area contributed by atoms with Gasteiger partial charge in [0.15, 0.2) is 0 Å². The van der Waals surface area contributed by atoms with Crippen LogP contribution in [0.2, 0.25) is 10.3 Å². The van der Waals surface area contributed by atoms with Crippen molar-refractivity contribution in [1.29, 1.82) is 0 Å². The topological polar surface area (TPSA) is 231 Å². The normalized spacial score (nSPS) is 16.6. The molecule has 9 rings (SSSR count). The van der Waals surface area contributed by atoms with Gasteiger partial charge in [0.05, 0.1) is 78.2 Å². The average molecular weight is 1130 g/mol. The number of aromatic carboxylic acids is 1. The summed E-state index contributed by atoms with van der Waals surface area (Å²) in [5.74, 6) is -1.92. The highest BCUT2D eigenvalue weighted by atomic mass is 35.5. The van der Waals surface area contributed by atoms with Crippen LogP contribution in [0.4, 0.5) is 0 Å². The molecule has 406 valence electrons. The highest BCUT2D eigenvalue weighted by molar-refractivity contribution is 8.00. The number of thiol groups is 1. The van der Waals surface area contributed by atoms with Gasteiger partial charge in [0.25, 0.3) is 11.8 Å². The number of methoxy groups -OCH3 is 2. The first kappa shape index (κ1) is 60.7. The molecule has 23 heteroatoms. The van der Waals surface area contributed by atoms with Gasteiger partial charge in [0.1, 0.15) is 15.3 Å². The number of carbonyl (C=O) groups excluding carboxylic acids is 4. The molecule has 1 N–H and O–H groups in total. The van der Waals surface area contributed by atoms with Gasteiger partial charge in [-0.05, 0) is 119 Å². The molecule has 5 aromatic heterocycles. The number of piperidine rings is 2. The van der Waals surface area contributed by atoms with Gasteiger partial charge in [0, 0.05) is 54.3 Å². The maximum absolute atomic E-state index is 13.6. The van der Waals surface area contributed by atoms with E-state index < -0.39 is 17.9 Å². The first-order chi connectivity index (χ1) is 36.4. The number of carboxylic acids is 1. The molecule has 2 aromatic carbocycles. The van der Waals surface area contributed by atoms with Crippen LogP contribution in [0.15, 0.2) is 115 Å². The second kappa shape index (κ2) is 28.8. The number of halogens is 2. The van der Waals surface area contributed by atoms with E-state index in [4.69, 9.17) is 33.0 Å². The Morgan fingerprint density at radius 2 is 1.00 bits per heavy atom. The molecule has 2 saturated heterocycles. The molecule has 7 heterocycles. The number of likely N-dealkylation sites (tertiary alicyclic amines) is 2. The number of nitrogens with zero attached hydrogens (tertiary/aromatic N) is 11. The average Bonchev–Trinajstić information content (AvgIpc) is 4.18. The predicted molar refractivity (Wildman–Crippen MR) is 298 cm³/mol. The third kappa shape index (κ3) is 15.5. The molecule has 0 aliphatic carbocycles. The minimum absolute atomic E-state index is 0. The first-order valence-electron chi connectivity index (χ1n) is 23.9. The number of ether oxygens (including phenoxy) is 2. The molecule has 2 amide bonds. The fourth-order valence-electron chi connectivity index (χ4n) is 8.26. The lowest BCUT2D eigenvalue weighted by molar-refractivity contribution is 0.0587. The monoisotopic (exact) mass is 1130 g/mol. The van der Waals surface area contributed by atoms with E-state index in [1.165, 1.54) is 41.8 Å². The van der Waals surface area contributed by atoms with Crippen LogP contribution in [0.1, 0.15) is 115 Å². The number of hydrogen-bond acceptors (Lipinski definition) is 16. The second-order valence-corrected chi connectivity index (χ2v) is 20.3. The van der Waals surface area contributed by atoms with Crippen LogP contribution in [0, 0.1) is 20.8 Å². The molecule has 0 unspecified atom stereocenters. The molecule has 4 atom stereocenters. The van der Waals surface area contributed by atoms with Crippen LogP contribution in [-0.2, 0) is 9.47 Å². The van der Waals surface area contributed by atoms with Crippen molar-refractivity contribution >= 4 is 77.3 Å². The standard InChI is InChI=1S/C23H25N5O3S.C15H18N4OS.C8H8ClNO2.C7H6ClNO2.CH4/c1-15-10-11-24-21(20(15)23(30)31-3)32-17-9-8-16(2)27(14-17)22(29)18-6-4-5-7-19(18)28-25-12-13-26-28;1-11-6-7-12(21)10-18(11)15(20)13-4-2-3-5-14(13)19-16-8-9-17-19;1-5-3-4-10-7(9)6(5)8(11)12-2;1-4-2-3-9-6(8)5(4)7(10)11;/h4-7,10-13,16-17H,8-9,14H2,1-3H3;2-5,8-9,11-12,21H,6-7,10H2,1H3;3-4H,1-2H3;2-3H,1H3,(H,10,11);1H4/t16-,17-;11-,12-;;;/m11.../s1. The summed E-state index contributed by atoms with van der Waals surface area (Å²) < 4.78 is 9.49. The predicted octanol–water partition coefficient (Wildman–Crippen LogP) is 9.94. The van der Waals surface area contributed by atoms with E-state index in [1.807, 2.05) is 65.3 Å². The lowest BCUT2D eigenvalue weighted by atomic mass is 10.0. The Labute approximate surface area is 467 Å². The fraction of sp³-hybridized carbons (Fsp3) is 0.333. The van der Waals surface area contributed by atoms with Crippen molar-refractivity contribution in [3.63, 3.8) is 0 Å². The molecule has 77 heavy (non-hydrogen) atoms. The third-order valence-electron chi connectivity index (χ3n) is 12.4. The summed E-state index contributed by atoms with van der Waals surface area (Å²) in [6.07, 6.45) is 14.9. The number of rotatable bonds is 9. The van der Waals surface area contributed by atoms with Crippen molar-refractivity contribution in [3.05, 3.63) is 165 Å². The molecular formula is C54H61Cl2N11O8S2. The third-order valence-corrected chi connectivity index (χ3v) is 14.6. The summed E-state index contributed by atoms with van der Waals surface area (Å²) in [4.78, 5) is 79.0. The maximum Gasteiger partial charge on any atom is 0.341 e. The molecular weight excluding hydrogens is 1070 g/mol. The summed E-state index contributed by atoms with van der Waals surface area (Å²) in [6, 6.07) is 20.3. The Hall–Kier alpha value is -7.20. The summed E-state index contributed by atoms with van der Waals surface area (Å²) in [6.45, 7) is 10.7. The molecule has 2 aliphatic heterocycles. The van der Waals surface area contributed by atoms with Gasteiger partial charge in [-0.15, -0.1) is 11.8 Å². The van der Waals surface area contributed by atoms with E-state index in [0.717, 1.165) is 36.8 Å². The van der Waals surface area contributed by atoms with Crippen LogP contribution < -0.4 is 0 Å². The number of aromatic nitrogens is 9. The van der Waals surface area contributed by atoms with E-state index in [-0.39, 0.29) is 57.7 Å². The van der Waals surface area contributed by atoms with E-state index >= 15 is 0 Å². The largest absolute Gasteiger partial charge is 0.478 e. The second-order valence-electron chi connectivity index (χ2n) is 17.5. The molecule has 7 aromatic rings. The molecule has 0 radical (unpaired) electrons. The van der Waals surface area contributed by atoms with E-state index in [9.17, 15) is 24.0 Å². The SMILES string of the molecule is C.COC(=O)c1c(C)ccnc1Cl.COC(=O)c1c(C)ccnc1S[C@@H]1CC[C@@H](C)N(C(=O)c2ccccc2-n2nccn2)C1.C[C@@H]1CC[C@@H](S)CN1C(=O)c1ccccc1-n1nccn1.Cc1ccnc(Cl)c1C(=O)O. The smallest absolute Gasteiger partial charge is 0.341 e. The first-order valence-corrected chi connectivity index (χ1v) is 26.1. The van der Waals surface area contributed by atoms with Crippen molar-refractivity contribution in [2.24, 2.45) is 0 Å². The van der Waals surface area contributed by atoms with Crippen LogP contribution in [0.5, 0.6) is 0 Å². The minimum Gasteiger partial charge on any atom is -0.478 e. The number of hydrogen-bond donors (Lipinski definition) is 2. The summed E-state index contributed by atoms with van der Waals surface area (Å²) in [5, 5.41) is 26.5. The number of pyridine rings is 3. The lowest BCUT2D eigenvalue weighted by Crippen LogP contribution is -2.47. The molecule has 2 fully saturated rings. The van der Waals surface area contributed by atoms with Gasteiger partial charge in [-0.2, -0.15) is 42.6 Å². The Morgan fingerprint density at radius 3 is 1.45 bits per heavy atom. The van der Waals surface area contributed by atoms with Crippen molar-refractivity contribution in [2.75, 3.05) is 27.3 Å². The van der Waals surface area contributed by atoms with E-state index in [0.29, 0.717) is 57.3 Å². The fourth-order valence-corrected chi connectivity index (χ4v) is 10.4. The quantitative estimate of drug-likeness (QED) is 0.0778. The molecule has 0 bridgehead atoms. The van der Waals surface area contributed by atoms with Crippen molar-refractivity contribution in [2.45, 2.75) is 95.3 Å². The Morgan fingerprint density at radius 1 is 0.584 bits per heavy atom. The number of para-hydroxylation sites is 2. The van der Waals surface area contributed by atoms with E-state index in [1.54, 1.807) is 69.2 Å². The van der Waals surface area contributed by atoms with Gasteiger partial charge in [-0.3, -0.25) is 9.59 Å². The molecule has 0 saturated carbocycles. The summed E-state index contributed by atoms with van der Waals surface area (Å²) >= 11 is 17.3. The van der Waals surface area contributed by atoms with Gasteiger partial charge in [-0.1, -0.05) is 54.9 Å². The number of carboxylic acid groups (broad SMARTS) is 1. The van der Waals surface area contributed by atoms with Gasteiger partial charge >= 0.3 is 17.9 Å². The Bertz CT molecular complexity index is 3090. The number of thioether (sulfide) groups is 1. The zero-order valence-corrected chi connectivity index (χ0v) is 46.0. The molecule has 0 spiro atoms. The van der Waals surface area contributed by atoms with Crippen molar-refractivity contribution < 1.29 is 38.6 Å². The number of amides is 2. The zero-order valence-electron chi connectivity index (χ0n) is 42.8. The van der Waals surface area contributed by atoms with E-state index in [2.05, 4.69) is 66.6 Å². The highest BCUT2D eigenvalue weighted by Gasteiger charge is 2.33. The van der Waals surface area contributed by atoms with Crippen LogP contribution in [-0.4, -0.2) is 139 Å². The van der Waals surface area contributed by atoms with Crippen LogP contribution in [0.25, 0.3) is 11.4 Å². The van der Waals surface area contributed by atoms with Gasteiger partial charge in [-0.25, -0.2) is 29.3 Å². The number of esters is 2. The van der Waals surface area contributed by atoms with Crippen molar-refractivity contribution in [1.82, 2.24) is 54.7 Å². The highest BCUT2D eigenvalue weighted by Crippen LogP contribution is 2.35. The van der Waals surface area contributed by atoms with Gasteiger partial charge in [0.2, 0.25) is 0 Å². The molecule has 19 nitrogen and oxygen atoms in total. The van der Waals surface area contributed by atoms with Crippen molar-refractivity contribution in [3.8, 4) is 11.4 Å². The number of benzene rings is 2. The van der Waals surface area contributed by atoms with Crippen LogP contribution in [0.3, 0.4) is 0 Å². The number of aryl methyl sites for hydroxylation is 3. The van der Waals surface area contributed by atoms with Gasteiger partial charge < -0.3 is 24.4 Å². The summed E-state index contributed by atoms with van der Waals surface area (Å²) in [7, 11) is 2.68. The Balaban J connectivity index is 0.000000208. The number of carbonyl (C=O) groups is 5.